The molecule has 0 saturated heterocycles. The molecule has 0 saturated carbocycles. The third kappa shape index (κ3) is 63.8. The summed E-state index contributed by atoms with van der Waals surface area (Å²) in [6.07, 6.45) is 0. The fourth-order valence-corrected chi connectivity index (χ4v) is 0. The van der Waals surface area contributed by atoms with E-state index in [9.17, 15) is 0 Å². The van der Waals surface area contributed by atoms with Crippen LogP contribution in [-0.4, -0.2) is 47.1 Å². The van der Waals surface area contributed by atoms with Gasteiger partial charge in [0.05, 0.1) is 0 Å². The average Bonchev–Trinajstić information content (AvgIpc) is 0.722. The monoisotopic (exact) mass is 262 g/mol. The molecule has 0 amide bonds. The molecule has 0 unspecified atom stereocenters. The van der Waals surface area contributed by atoms with Crippen molar-refractivity contribution < 1.29 is 59.3 Å². The number of hydrogen-bond acceptors (Lipinski definition) is 2. The van der Waals surface area contributed by atoms with E-state index in [2.05, 4.69) is 0 Å². The third-order valence-electron chi connectivity index (χ3n) is 0. The van der Waals surface area contributed by atoms with Gasteiger partial charge >= 0.3 is 40.0 Å². The summed E-state index contributed by atoms with van der Waals surface area (Å²) in [4.78, 5) is 0. The fraction of sp³-hybridized carbons (Fsp3) is 0. The zero-order valence-corrected chi connectivity index (χ0v) is 6.58. The van der Waals surface area contributed by atoms with Crippen LogP contribution >= 0.6 is 0 Å². The summed E-state index contributed by atoms with van der Waals surface area (Å²) in [5.41, 5.74) is 0. The van der Waals surface area contributed by atoms with Crippen LogP contribution in [0.15, 0.2) is 0 Å². The molecule has 0 aliphatic heterocycles. The molecule has 0 atom stereocenters. The van der Waals surface area contributed by atoms with Gasteiger partial charge in [-0.3, -0.25) is 9.11 Å². The minimum atomic E-state index is -4.67. The van der Waals surface area contributed by atoms with Gasteiger partial charge in [-0.15, -0.1) is 0 Å². The van der Waals surface area contributed by atoms with Crippen molar-refractivity contribution in [2.75, 3.05) is 0 Å². The quantitative estimate of drug-likeness (QED) is 0.420. The number of rotatable bonds is 0. The van der Waals surface area contributed by atoms with Crippen LogP contribution in [-0.2, 0) is 10.4 Å². The first-order valence-electron chi connectivity index (χ1n) is 0.698. The molecule has 0 aliphatic carbocycles. The Balaban J connectivity index is -0.0000000800. The second kappa shape index (κ2) is 6.37. The van der Waals surface area contributed by atoms with Crippen molar-refractivity contribution in [2.24, 2.45) is 0 Å². The van der Waals surface area contributed by atoms with Gasteiger partial charge in [0.1, 0.15) is 0 Å². The Labute approximate surface area is 97.3 Å². The molecule has 4 nitrogen and oxygen atoms in total. The Morgan fingerprint density at radius 1 is 1.14 bits per heavy atom. The van der Waals surface area contributed by atoms with E-state index in [1.807, 2.05) is 0 Å². The van der Waals surface area contributed by atoms with E-state index < -0.39 is 10.4 Å². The Hall–Kier alpha value is 2.25. The van der Waals surface area contributed by atoms with E-state index in [1.54, 1.807) is 0 Å². The van der Waals surface area contributed by atoms with Gasteiger partial charge in [-0.1, -0.05) is 0 Å². The first-order valence-corrected chi connectivity index (χ1v) is 2.10. The van der Waals surface area contributed by atoms with E-state index in [4.69, 9.17) is 17.5 Å². The summed E-state index contributed by atoms with van der Waals surface area (Å²) in [6.45, 7) is 0. The number of hydrogen-bond donors (Lipinski definition) is 2. The Bertz CT molecular complexity index is 94.9. The van der Waals surface area contributed by atoms with Crippen LogP contribution in [0.25, 0.3) is 0 Å². The molecule has 0 heterocycles. The summed E-state index contributed by atoms with van der Waals surface area (Å²) in [7, 11) is -4.67. The van der Waals surface area contributed by atoms with Crippen molar-refractivity contribution in [3.05, 3.63) is 0 Å². The van der Waals surface area contributed by atoms with Crippen LogP contribution in [0.5, 0.6) is 0 Å². The molecule has 2 N–H and O–H groups in total. The van der Waals surface area contributed by atoms with E-state index in [0.29, 0.717) is 0 Å². The zero-order chi connectivity index (χ0) is 4.50. The van der Waals surface area contributed by atoms with Crippen molar-refractivity contribution in [1.82, 2.24) is 0 Å². The zero-order valence-electron chi connectivity index (χ0n) is 2.62. The van der Waals surface area contributed by atoms with Gasteiger partial charge in [-0.05, 0) is 0 Å². The molecular weight excluding hydrogens is 259 g/mol. The second-order valence-corrected chi connectivity index (χ2v) is 1.34. The molecule has 0 aliphatic rings. The molecule has 0 fully saturated rings. The Morgan fingerprint density at radius 3 is 1.14 bits per heavy atom. The molecule has 7 heavy (non-hydrogen) atoms. The first-order chi connectivity index (χ1) is 2.00. The van der Waals surface area contributed by atoms with Gasteiger partial charge in [0, 0.05) is 41.7 Å². The fourth-order valence-electron chi connectivity index (χ4n) is 0. The summed E-state index contributed by atoms with van der Waals surface area (Å²) in [5.74, 6) is 0. The van der Waals surface area contributed by atoms with Crippen LogP contribution in [0.1, 0.15) is 0 Å². The SMILES string of the molecule is O=S(=O)(O)O.[Ce].[NaH]. The van der Waals surface area contributed by atoms with Crippen LogP contribution in [0.2, 0.25) is 0 Å². The predicted octanol–water partition coefficient (Wildman–Crippen LogP) is -1.30. The molecule has 38 valence electrons. The molecule has 0 spiro atoms. The molecule has 0 rings (SSSR count). The topological polar surface area (TPSA) is 74.6 Å². The predicted molar refractivity (Wildman–Crippen MR) is 21.3 cm³/mol. The van der Waals surface area contributed by atoms with Gasteiger partial charge < -0.3 is 0 Å². The van der Waals surface area contributed by atoms with E-state index >= 15 is 0 Å². The van der Waals surface area contributed by atoms with Crippen LogP contribution in [0, 0.1) is 41.7 Å². The van der Waals surface area contributed by atoms with Gasteiger partial charge in [0.15, 0.2) is 0 Å². The summed E-state index contributed by atoms with van der Waals surface area (Å²) in [5, 5.41) is 0. The maximum atomic E-state index is 8.74. The van der Waals surface area contributed by atoms with Gasteiger partial charge in [0.2, 0.25) is 0 Å². The van der Waals surface area contributed by atoms with Gasteiger partial charge in [-0.25, -0.2) is 0 Å². The Morgan fingerprint density at radius 2 is 1.14 bits per heavy atom. The second-order valence-electron chi connectivity index (χ2n) is 0.448. The van der Waals surface area contributed by atoms with Crippen LogP contribution < -0.4 is 0 Å². The van der Waals surface area contributed by atoms with E-state index in [1.165, 1.54) is 0 Å². The molecular formula is H3CeNaO4S. The molecule has 0 radical (unpaired) electrons. The maximum absolute atomic E-state index is 8.74. The Kier molecular flexibility index (Phi) is 14.7. The van der Waals surface area contributed by atoms with Crippen molar-refractivity contribution in [3.8, 4) is 0 Å². The molecule has 0 aromatic heterocycles. The molecule has 0 bridgehead atoms. The van der Waals surface area contributed by atoms with Crippen LogP contribution in [0.3, 0.4) is 0 Å². The third-order valence-corrected chi connectivity index (χ3v) is 0. The minimum absolute atomic E-state index is 0. The van der Waals surface area contributed by atoms with E-state index in [0.717, 1.165) is 0 Å². The summed E-state index contributed by atoms with van der Waals surface area (Å²) >= 11 is 0. The van der Waals surface area contributed by atoms with Crippen molar-refractivity contribution >= 4 is 40.0 Å². The normalized spacial score (nSPS) is 8.29. The first kappa shape index (κ1) is 16.1. The van der Waals surface area contributed by atoms with Crippen molar-refractivity contribution in [1.29, 1.82) is 0 Å². The van der Waals surface area contributed by atoms with Crippen LogP contribution in [0.4, 0.5) is 0 Å². The van der Waals surface area contributed by atoms with Crippen molar-refractivity contribution in [2.45, 2.75) is 0 Å². The van der Waals surface area contributed by atoms with Gasteiger partial charge in [-0.2, -0.15) is 8.42 Å². The molecule has 7 heteroatoms. The molecule has 0 aromatic rings. The van der Waals surface area contributed by atoms with E-state index in [-0.39, 0.29) is 71.3 Å². The van der Waals surface area contributed by atoms with Gasteiger partial charge in [0.25, 0.3) is 0 Å². The standard InChI is InChI=1S/Ce.Na.H2O4S.H/c;;1-5(2,3)4;/h;;(H2,1,2,3,4);. The van der Waals surface area contributed by atoms with Crippen molar-refractivity contribution in [3.63, 3.8) is 0 Å². The molecule has 0 aromatic carbocycles. The summed E-state index contributed by atoms with van der Waals surface area (Å²) in [6, 6.07) is 0. The average molecular weight is 262 g/mol. The summed E-state index contributed by atoms with van der Waals surface area (Å²) < 4.78 is 31.6.